The Hall–Kier alpha value is -2.39. The number of rotatable bonds is 6. The van der Waals surface area contributed by atoms with Gasteiger partial charge < -0.3 is 9.64 Å². The average Bonchev–Trinajstić information content (AvgIpc) is 3.29. The van der Waals surface area contributed by atoms with Crippen LogP contribution in [0.2, 0.25) is 5.02 Å². The van der Waals surface area contributed by atoms with E-state index in [1.807, 2.05) is 37.4 Å². The summed E-state index contributed by atoms with van der Waals surface area (Å²) in [6.45, 7) is 5.46. The molecule has 1 aromatic heterocycles. The molecule has 1 fully saturated rings. The van der Waals surface area contributed by atoms with Crippen molar-refractivity contribution in [2.24, 2.45) is 0 Å². The number of aryl methyl sites for hydroxylation is 2. The van der Waals surface area contributed by atoms with Crippen molar-refractivity contribution in [1.82, 2.24) is 9.21 Å². The quantitative estimate of drug-likeness (QED) is 0.486. The molecule has 0 aliphatic carbocycles. The minimum atomic E-state index is -3.55. The molecule has 6 nitrogen and oxygen atoms in total. The van der Waals surface area contributed by atoms with Gasteiger partial charge in [-0.2, -0.15) is 4.31 Å². The summed E-state index contributed by atoms with van der Waals surface area (Å²) >= 11 is 7.42. The Labute approximate surface area is 203 Å². The van der Waals surface area contributed by atoms with E-state index < -0.39 is 10.0 Å². The molecule has 174 valence electrons. The SMILES string of the molecule is Cc1ccc(S(=O)(=O)N2CCN(C(=O)c3cc(COc4ccc(Cl)c(C)c4)cs3)CC2)cc1. The normalized spacial score (nSPS) is 14.9. The van der Waals surface area contributed by atoms with Crippen LogP contribution in [0.1, 0.15) is 26.4 Å². The summed E-state index contributed by atoms with van der Waals surface area (Å²) in [5.74, 6) is 0.642. The third kappa shape index (κ3) is 5.41. The van der Waals surface area contributed by atoms with Crippen molar-refractivity contribution in [2.45, 2.75) is 25.3 Å². The maximum atomic E-state index is 12.9. The minimum Gasteiger partial charge on any atom is -0.489 e. The Morgan fingerprint density at radius 1 is 1.03 bits per heavy atom. The maximum absolute atomic E-state index is 12.9. The molecule has 1 amide bonds. The van der Waals surface area contributed by atoms with Crippen molar-refractivity contribution in [1.29, 1.82) is 0 Å². The lowest BCUT2D eigenvalue weighted by Crippen LogP contribution is -2.50. The van der Waals surface area contributed by atoms with Gasteiger partial charge in [-0.1, -0.05) is 29.3 Å². The molecule has 0 spiro atoms. The van der Waals surface area contributed by atoms with Crippen LogP contribution in [-0.4, -0.2) is 49.7 Å². The summed E-state index contributed by atoms with van der Waals surface area (Å²) in [7, 11) is -3.55. The van der Waals surface area contributed by atoms with Crippen molar-refractivity contribution < 1.29 is 17.9 Å². The fourth-order valence-electron chi connectivity index (χ4n) is 3.58. The zero-order valence-corrected chi connectivity index (χ0v) is 20.8. The number of nitrogens with zero attached hydrogens (tertiary/aromatic N) is 2. The van der Waals surface area contributed by atoms with E-state index in [0.717, 1.165) is 22.4 Å². The number of halogens is 1. The molecule has 1 aliphatic rings. The van der Waals surface area contributed by atoms with E-state index in [2.05, 4.69) is 0 Å². The predicted molar refractivity (Wildman–Crippen MR) is 131 cm³/mol. The molecule has 1 saturated heterocycles. The van der Waals surface area contributed by atoms with Crippen LogP contribution >= 0.6 is 22.9 Å². The van der Waals surface area contributed by atoms with Crippen LogP contribution in [0.25, 0.3) is 0 Å². The van der Waals surface area contributed by atoms with Gasteiger partial charge in [0.25, 0.3) is 5.91 Å². The highest BCUT2D eigenvalue weighted by molar-refractivity contribution is 7.89. The van der Waals surface area contributed by atoms with E-state index in [-0.39, 0.29) is 23.9 Å². The molecule has 3 aromatic rings. The Morgan fingerprint density at radius 2 is 1.73 bits per heavy atom. The lowest BCUT2D eigenvalue weighted by molar-refractivity contribution is 0.0702. The average molecular weight is 505 g/mol. The van der Waals surface area contributed by atoms with Crippen LogP contribution in [0.5, 0.6) is 5.75 Å². The van der Waals surface area contributed by atoms with Gasteiger partial charge in [0.05, 0.1) is 9.77 Å². The zero-order valence-electron chi connectivity index (χ0n) is 18.5. The van der Waals surface area contributed by atoms with Gasteiger partial charge in [0.2, 0.25) is 10.0 Å². The van der Waals surface area contributed by atoms with Gasteiger partial charge >= 0.3 is 0 Å². The molecule has 1 aliphatic heterocycles. The lowest BCUT2D eigenvalue weighted by atomic mass is 10.2. The van der Waals surface area contributed by atoms with Crippen LogP contribution in [-0.2, 0) is 16.6 Å². The van der Waals surface area contributed by atoms with Gasteiger partial charge in [0.15, 0.2) is 0 Å². The van der Waals surface area contributed by atoms with Gasteiger partial charge in [-0.15, -0.1) is 11.3 Å². The molecule has 33 heavy (non-hydrogen) atoms. The standard InChI is InChI=1S/C24H25ClN2O4S2/c1-17-3-6-21(7-4-17)33(29,30)27-11-9-26(10-12-27)24(28)23-14-19(16-32-23)15-31-20-5-8-22(25)18(2)13-20/h3-8,13-14,16H,9-12,15H2,1-2H3. The number of carbonyl (C=O) groups excluding carboxylic acids is 1. The predicted octanol–water partition coefficient (Wildman–Crippen LogP) is 4.74. The Bertz CT molecular complexity index is 1250. The van der Waals surface area contributed by atoms with E-state index >= 15 is 0 Å². The highest BCUT2D eigenvalue weighted by atomic mass is 35.5. The van der Waals surface area contributed by atoms with Crippen LogP contribution < -0.4 is 4.74 Å². The lowest BCUT2D eigenvalue weighted by Gasteiger charge is -2.33. The number of amides is 1. The number of carbonyl (C=O) groups is 1. The van der Waals surface area contributed by atoms with Gasteiger partial charge in [0, 0.05) is 36.8 Å². The molecule has 2 heterocycles. The summed E-state index contributed by atoms with van der Waals surface area (Å²) in [6.07, 6.45) is 0. The minimum absolute atomic E-state index is 0.0824. The number of hydrogen-bond acceptors (Lipinski definition) is 5. The second-order valence-electron chi connectivity index (χ2n) is 8.03. The summed E-state index contributed by atoms with van der Waals surface area (Å²) in [5.41, 5.74) is 2.86. The second kappa shape index (κ2) is 9.85. The van der Waals surface area contributed by atoms with Gasteiger partial charge in [-0.3, -0.25) is 4.79 Å². The molecular formula is C24H25ClN2O4S2. The summed E-state index contributed by atoms with van der Waals surface area (Å²) in [5, 5.41) is 2.60. The van der Waals surface area contributed by atoms with E-state index in [1.165, 1.54) is 15.6 Å². The largest absolute Gasteiger partial charge is 0.489 e. The number of benzene rings is 2. The first-order chi connectivity index (χ1) is 15.7. The third-order valence-corrected chi connectivity index (χ3v) is 8.89. The number of thiophene rings is 1. The fraction of sp³-hybridized carbons (Fsp3) is 0.292. The monoisotopic (exact) mass is 504 g/mol. The van der Waals surface area contributed by atoms with E-state index in [9.17, 15) is 13.2 Å². The van der Waals surface area contributed by atoms with Gasteiger partial charge in [-0.25, -0.2) is 8.42 Å². The van der Waals surface area contributed by atoms with Crippen molar-refractivity contribution in [3.63, 3.8) is 0 Å². The molecule has 4 rings (SSSR count). The Kier molecular flexibility index (Phi) is 7.09. The number of ether oxygens (including phenoxy) is 1. The fourth-order valence-corrected chi connectivity index (χ4v) is 5.99. The summed E-state index contributed by atoms with van der Waals surface area (Å²) < 4.78 is 33.0. The first-order valence-electron chi connectivity index (χ1n) is 10.6. The number of piperazine rings is 1. The zero-order chi connectivity index (χ0) is 23.6. The van der Waals surface area contributed by atoms with Crippen LogP contribution in [0.4, 0.5) is 0 Å². The third-order valence-electron chi connectivity index (χ3n) is 5.58. The van der Waals surface area contributed by atoms with E-state index in [1.54, 1.807) is 35.2 Å². The Balaban J connectivity index is 1.34. The molecule has 0 N–H and O–H groups in total. The van der Waals surface area contributed by atoms with Gasteiger partial charge in [0.1, 0.15) is 12.4 Å². The molecule has 0 radical (unpaired) electrons. The van der Waals surface area contributed by atoms with E-state index in [0.29, 0.717) is 29.6 Å². The van der Waals surface area contributed by atoms with Crippen molar-refractivity contribution in [3.05, 3.63) is 80.5 Å². The second-order valence-corrected chi connectivity index (χ2v) is 11.3. The highest BCUT2D eigenvalue weighted by Gasteiger charge is 2.30. The molecule has 9 heteroatoms. The van der Waals surface area contributed by atoms with Crippen molar-refractivity contribution >= 4 is 38.9 Å². The van der Waals surface area contributed by atoms with Crippen LogP contribution in [0.15, 0.2) is 58.8 Å². The molecule has 0 saturated carbocycles. The maximum Gasteiger partial charge on any atom is 0.264 e. The number of sulfonamides is 1. The molecular weight excluding hydrogens is 480 g/mol. The summed E-state index contributed by atoms with van der Waals surface area (Å²) in [4.78, 5) is 15.6. The molecule has 0 unspecified atom stereocenters. The summed E-state index contributed by atoms with van der Waals surface area (Å²) in [6, 6.07) is 14.2. The Morgan fingerprint density at radius 3 is 2.39 bits per heavy atom. The molecule has 0 bridgehead atoms. The molecule has 0 atom stereocenters. The number of hydrogen-bond donors (Lipinski definition) is 0. The topological polar surface area (TPSA) is 66.9 Å². The van der Waals surface area contributed by atoms with Crippen LogP contribution in [0, 0.1) is 13.8 Å². The first kappa shape index (κ1) is 23.8. The van der Waals surface area contributed by atoms with Crippen molar-refractivity contribution in [3.8, 4) is 5.75 Å². The van der Waals surface area contributed by atoms with Gasteiger partial charge in [-0.05, 0) is 61.2 Å². The van der Waals surface area contributed by atoms with E-state index in [4.69, 9.17) is 16.3 Å². The van der Waals surface area contributed by atoms with Crippen LogP contribution in [0.3, 0.4) is 0 Å². The highest BCUT2D eigenvalue weighted by Crippen LogP contribution is 2.24. The molecule has 2 aromatic carbocycles. The first-order valence-corrected chi connectivity index (χ1v) is 13.3. The smallest absolute Gasteiger partial charge is 0.264 e. The van der Waals surface area contributed by atoms with Crippen molar-refractivity contribution in [2.75, 3.05) is 26.2 Å².